The van der Waals surface area contributed by atoms with E-state index in [1.807, 2.05) is 6.92 Å². The SMILES string of the molecule is CC1[C@@H](OC(=N)C(Cl)(Cl)Cl)OC[C@@H](C)[C@@H]1C. The number of hydrogen-bond acceptors (Lipinski definition) is 3. The molecular formula is C10H16Cl3NO2. The van der Waals surface area contributed by atoms with Crippen molar-refractivity contribution in [2.24, 2.45) is 17.8 Å². The minimum absolute atomic E-state index is 0.163. The van der Waals surface area contributed by atoms with E-state index < -0.39 is 16.0 Å². The van der Waals surface area contributed by atoms with Crippen LogP contribution in [-0.2, 0) is 9.47 Å². The molecule has 1 aliphatic heterocycles. The zero-order chi connectivity index (χ0) is 12.5. The second kappa shape index (κ2) is 5.30. The van der Waals surface area contributed by atoms with Gasteiger partial charge in [-0.1, -0.05) is 55.6 Å². The minimum Gasteiger partial charge on any atom is -0.448 e. The molecule has 0 bridgehead atoms. The molecule has 1 aliphatic rings. The van der Waals surface area contributed by atoms with Crippen LogP contribution in [0.5, 0.6) is 0 Å². The molecule has 4 atom stereocenters. The summed E-state index contributed by atoms with van der Waals surface area (Å²) in [4.78, 5) is 0. The van der Waals surface area contributed by atoms with Crippen molar-refractivity contribution < 1.29 is 9.47 Å². The molecule has 1 heterocycles. The van der Waals surface area contributed by atoms with Crippen molar-refractivity contribution in [1.29, 1.82) is 5.41 Å². The van der Waals surface area contributed by atoms with Crippen molar-refractivity contribution in [3.05, 3.63) is 0 Å². The number of hydrogen-bond donors (Lipinski definition) is 1. The van der Waals surface area contributed by atoms with Gasteiger partial charge in [0.25, 0.3) is 3.79 Å². The summed E-state index contributed by atoms with van der Waals surface area (Å²) in [7, 11) is 0. The van der Waals surface area contributed by atoms with Crippen molar-refractivity contribution in [2.75, 3.05) is 6.61 Å². The third-order valence-electron chi connectivity index (χ3n) is 3.17. The van der Waals surface area contributed by atoms with Gasteiger partial charge in [-0.15, -0.1) is 0 Å². The fourth-order valence-electron chi connectivity index (χ4n) is 1.64. The molecule has 1 rings (SSSR count). The van der Waals surface area contributed by atoms with Crippen LogP contribution >= 0.6 is 34.8 Å². The van der Waals surface area contributed by atoms with E-state index in [4.69, 9.17) is 49.7 Å². The van der Waals surface area contributed by atoms with Crippen molar-refractivity contribution in [3.63, 3.8) is 0 Å². The van der Waals surface area contributed by atoms with Crippen LogP contribution in [0.15, 0.2) is 0 Å². The normalized spacial score (nSPS) is 35.9. The predicted molar refractivity (Wildman–Crippen MR) is 66.3 cm³/mol. The summed E-state index contributed by atoms with van der Waals surface area (Å²) in [6.07, 6.45) is -0.505. The molecule has 0 amide bonds. The van der Waals surface area contributed by atoms with Crippen LogP contribution in [-0.4, -0.2) is 22.6 Å². The first-order valence-corrected chi connectivity index (χ1v) is 6.31. The largest absolute Gasteiger partial charge is 0.448 e. The molecule has 1 fully saturated rings. The van der Waals surface area contributed by atoms with Gasteiger partial charge in [0.05, 0.1) is 6.61 Å². The maximum Gasteiger partial charge on any atom is 0.265 e. The number of rotatable bonds is 1. The van der Waals surface area contributed by atoms with Gasteiger partial charge in [0.1, 0.15) is 0 Å². The van der Waals surface area contributed by atoms with Gasteiger partial charge in [0.15, 0.2) is 0 Å². The summed E-state index contributed by atoms with van der Waals surface area (Å²) in [5.41, 5.74) is 0. The quantitative estimate of drug-likeness (QED) is 0.455. The second-order valence-electron chi connectivity index (χ2n) is 4.34. The number of alkyl halides is 3. The van der Waals surface area contributed by atoms with E-state index in [1.165, 1.54) is 0 Å². The highest BCUT2D eigenvalue weighted by Crippen LogP contribution is 2.34. The average molecular weight is 289 g/mol. The summed E-state index contributed by atoms with van der Waals surface area (Å²) < 4.78 is 8.93. The summed E-state index contributed by atoms with van der Waals surface area (Å²) in [6, 6.07) is 0. The van der Waals surface area contributed by atoms with E-state index in [0.29, 0.717) is 18.4 Å². The molecule has 1 saturated heterocycles. The molecule has 0 spiro atoms. The summed E-state index contributed by atoms with van der Waals surface area (Å²) in [5, 5.41) is 7.48. The van der Waals surface area contributed by atoms with E-state index in [0.717, 1.165) is 0 Å². The van der Waals surface area contributed by atoms with E-state index in [1.54, 1.807) is 0 Å². The van der Waals surface area contributed by atoms with Gasteiger partial charge in [0.2, 0.25) is 12.2 Å². The van der Waals surface area contributed by atoms with Gasteiger partial charge < -0.3 is 9.47 Å². The Kier molecular flexibility index (Phi) is 4.76. The van der Waals surface area contributed by atoms with Crippen LogP contribution in [0, 0.1) is 23.2 Å². The Morgan fingerprint density at radius 3 is 2.31 bits per heavy atom. The van der Waals surface area contributed by atoms with Crippen LogP contribution in [0.1, 0.15) is 20.8 Å². The van der Waals surface area contributed by atoms with Gasteiger partial charge in [-0.25, -0.2) is 0 Å². The molecule has 0 aromatic carbocycles. The zero-order valence-corrected chi connectivity index (χ0v) is 11.7. The smallest absolute Gasteiger partial charge is 0.265 e. The van der Waals surface area contributed by atoms with Crippen molar-refractivity contribution in [3.8, 4) is 0 Å². The van der Waals surface area contributed by atoms with Gasteiger partial charge in [-0.2, -0.15) is 0 Å². The Bertz CT molecular complexity index is 267. The molecule has 16 heavy (non-hydrogen) atoms. The van der Waals surface area contributed by atoms with Crippen molar-refractivity contribution in [2.45, 2.75) is 30.9 Å². The molecule has 1 N–H and O–H groups in total. The Labute approximate surface area is 111 Å². The van der Waals surface area contributed by atoms with Gasteiger partial charge >= 0.3 is 0 Å². The van der Waals surface area contributed by atoms with Crippen LogP contribution < -0.4 is 0 Å². The molecular weight excluding hydrogens is 272 g/mol. The third kappa shape index (κ3) is 3.39. The van der Waals surface area contributed by atoms with Gasteiger partial charge in [0, 0.05) is 5.92 Å². The molecule has 0 aromatic heterocycles. The molecule has 94 valence electrons. The third-order valence-corrected chi connectivity index (χ3v) is 3.69. The van der Waals surface area contributed by atoms with Crippen molar-refractivity contribution >= 4 is 40.7 Å². The highest BCUT2D eigenvalue weighted by Gasteiger charge is 2.38. The maximum absolute atomic E-state index is 7.48. The Balaban J connectivity index is 2.59. The number of nitrogens with one attached hydrogen (secondary N) is 1. The standard InChI is InChI=1S/C10H16Cl3NO2/c1-5-4-15-8(7(3)6(5)2)16-9(14)10(11,12)13/h5-8,14H,4H2,1-3H3/t5-,6+,7?,8-/m1/s1. The highest BCUT2D eigenvalue weighted by atomic mass is 35.6. The summed E-state index contributed by atoms with van der Waals surface area (Å²) in [5.74, 6) is 0.686. The van der Waals surface area contributed by atoms with E-state index in [9.17, 15) is 0 Å². The lowest BCUT2D eigenvalue weighted by atomic mass is 9.83. The molecule has 6 heteroatoms. The summed E-state index contributed by atoms with van der Waals surface area (Å²) >= 11 is 16.6. The van der Waals surface area contributed by atoms with Crippen LogP contribution in [0.3, 0.4) is 0 Å². The fraction of sp³-hybridized carbons (Fsp3) is 0.900. The van der Waals surface area contributed by atoms with Crippen LogP contribution in [0.25, 0.3) is 0 Å². The fourth-order valence-corrected chi connectivity index (χ4v) is 1.77. The molecule has 1 unspecified atom stereocenters. The van der Waals surface area contributed by atoms with Gasteiger partial charge in [-0.05, 0) is 11.8 Å². The Hall–Kier alpha value is 0.300. The number of ether oxygens (including phenoxy) is 2. The Morgan fingerprint density at radius 2 is 1.81 bits per heavy atom. The van der Waals surface area contributed by atoms with Crippen LogP contribution in [0.4, 0.5) is 0 Å². The maximum atomic E-state index is 7.48. The molecule has 0 radical (unpaired) electrons. The van der Waals surface area contributed by atoms with Crippen LogP contribution in [0.2, 0.25) is 0 Å². The molecule has 0 aliphatic carbocycles. The highest BCUT2D eigenvalue weighted by molar-refractivity contribution is 6.76. The van der Waals surface area contributed by atoms with E-state index >= 15 is 0 Å². The monoisotopic (exact) mass is 287 g/mol. The minimum atomic E-state index is -1.82. The predicted octanol–water partition coefficient (Wildman–Crippen LogP) is 3.62. The zero-order valence-electron chi connectivity index (χ0n) is 9.47. The molecule has 0 saturated carbocycles. The first-order valence-electron chi connectivity index (χ1n) is 5.17. The molecule has 0 aromatic rings. The van der Waals surface area contributed by atoms with E-state index in [-0.39, 0.29) is 5.92 Å². The summed E-state index contributed by atoms with van der Waals surface area (Å²) in [6.45, 7) is 6.87. The lowest BCUT2D eigenvalue weighted by Gasteiger charge is -2.38. The lowest BCUT2D eigenvalue weighted by molar-refractivity contribution is -0.179. The average Bonchev–Trinajstić information content (AvgIpc) is 2.17. The molecule has 3 nitrogen and oxygen atoms in total. The topological polar surface area (TPSA) is 42.3 Å². The number of halogens is 3. The van der Waals surface area contributed by atoms with Crippen molar-refractivity contribution in [1.82, 2.24) is 0 Å². The van der Waals surface area contributed by atoms with E-state index in [2.05, 4.69) is 13.8 Å². The first-order chi connectivity index (χ1) is 7.23. The van der Waals surface area contributed by atoms with Gasteiger partial charge in [-0.3, -0.25) is 5.41 Å². The Morgan fingerprint density at radius 1 is 1.25 bits per heavy atom. The lowest BCUT2D eigenvalue weighted by Crippen LogP contribution is -2.42. The second-order valence-corrected chi connectivity index (χ2v) is 6.62. The first kappa shape index (κ1) is 14.4.